The number of rotatable bonds is 14. The molecular formula is C27H42O2. The normalized spacial score (nSPS) is 18.5. The summed E-state index contributed by atoms with van der Waals surface area (Å²) in [5, 5.41) is 0. The highest BCUT2D eigenvalue weighted by molar-refractivity contribution is 5.44. The SMILES string of the molecule is Cc1c(CCCCCC2(C)CC2)cc(CCCCCC2(OC=O)CC2)c(C)c1C. The fourth-order valence-electron chi connectivity index (χ4n) is 4.82. The second-order valence-corrected chi connectivity index (χ2v) is 10.4. The Morgan fingerprint density at radius 3 is 1.83 bits per heavy atom. The predicted octanol–water partition coefficient (Wildman–Crippen LogP) is 7.32. The van der Waals surface area contributed by atoms with E-state index < -0.39 is 0 Å². The highest BCUT2D eigenvalue weighted by Crippen LogP contribution is 2.49. The summed E-state index contributed by atoms with van der Waals surface area (Å²) in [6.07, 6.45) is 17.7. The molecule has 1 aromatic carbocycles. The van der Waals surface area contributed by atoms with Crippen molar-refractivity contribution < 1.29 is 9.53 Å². The van der Waals surface area contributed by atoms with Gasteiger partial charge in [-0.2, -0.15) is 0 Å². The molecule has 162 valence electrons. The third-order valence-electron chi connectivity index (χ3n) is 7.95. The molecule has 0 aromatic heterocycles. The Hall–Kier alpha value is -1.31. The molecule has 3 rings (SSSR count). The zero-order valence-electron chi connectivity index (χ0n) is 19.4. The topological polar surface area (TPSA) is 26.3 Å². The Balaban J connectivity index is 1.43. The minimum absolute atomic E-state index is 0.0811. The molecule has 0 atom stereocenters. The number of carbonyl (C=O) groups excluding carboxylic acids is 1. The minimum Gasteiger partial charge on any atom is -0.461 e. The third-order valence-corrected chi connectivity index (χ3v) is 7.95. The summed E-state index contributed by atoms with van der Waals surface area (Å²) in [4.78, 5) is 10.6. The number of unbranched alkanes of at least 4 members (excludes halogenated alkanes) is 4. The highest BCUT2D eigenvalue weighted by atomic mass is 16.5. The second kappa shape index (κ2) is 9.67. The quantitative estimate of drug-likeness (QED) is 0.242. The molecule has 0 spiro atoms. The third kappa shape index (κ3) is 6.33. The molecule has 2 fully saturated rings. The van der Waals surface area contributed by atoms with Crippen LogP contribution >= 0.6 is 0 Å². The molecule has 29 heavy (non-hydrogen) atoms. The van der Waals surface area contributed by atoms with Crippen molar-refractivity contribution in [3.8, 4) is 0 Å². The van der Waals surface area contributed by atoms with E-state index in [1.54, 1.807) is 11.1 Å². The second-order valence-electron chi connectivity index (χ2n) is 10.4. The molecule has 0 amide bonds. The van der Waals surface area contributed by atoms with Gasteiger partial charge in [-0.25, -0.2) is 0 Å². The Labute approximate surface area is 178 Å². The van der Waals surface area contributed by atoms with E-state index in [0.29, 0.717) is 11.9 Å². The van der Waals surface area contributed by atoms with E-state index in [2.05, 4.69) is 33.8 Å². The van der Waals surface area contributed by atoms with Gasteiger partial charge < -0.3 is 4.74 Å². The zero-order valence-corrected chi connectivity index (χ0v) is 19.4. The van der Waals surface area contributed by atoms with Crippen LogP contribution in [0.15, 0.2) is 6.07 Å². The number of carbonyl (C=O) groups is 1. The molecule has 0 unspecified atom stereocenters. The van der Waals surface area contributed by atoms with E-state index in [1.807, 2.05) is 0 Å². The van der Waals surface area contributed by atoms with E-state index in [0.717, 1.165) is 19.3 Å². The maximum atomic E-state index is 10.6. The van der Waals surface area contributed by atoms with Gasteiger partial charge in [-0.3, -0.25) is 4.79 Å². The first kappa shape index (κ1) is 22.4. The molecule has 0 aliphatic heterocycles. The summed E-state index contributed by atoms with van der Waals surface area (Å²) in [6, 6.07) is 2.51. The van der Waals surface area contributed by atoms with Crippen molar-refractivity contribution >= 4 is 6.47 Å². The van der Waals surface area contributed by atoms with Crippen LogP contribution < -0.4 is 0 Å². The molecule has 0 heterocycles. The molecule has 2 heteroatoms. The number of hydrogen-bond donors (Lipinski definition) is 0. The van der Waals surface area contributed by atoms with Gasteiger partial charge in [0.2, 0.25) is 0 Å². The van der Waals surface area contributed by atoms with Crippen LogP contribution in [0.2, 0.25) is 0 Å². The van der Waals surface area contributed by atoms with Gasteiger partial charge in [0.15, 0.2) is 0 Å². The van der Waals surface area contributed by atoms with Crippen molar-refractivity contribution in [2.75, 3.05) is 0 Å². The molecule has 1 aromatic rings. The van der Waals surface area contributed by atoms with E-state index in [4.69, 9.17) is 4.74 Å². The summed E-state index contributed by atoms with van der Waals surface area (Å²) < 4.78 is 5.27. The van der Waals surface area contributed by atoms with Crippen molar-refractivity contribution in [3.05, 3.63) is 33.9 Å². The van der Waals surface area contributed by atoms with E-state index in [1.165, 1.54) is 87.3 Å². The molecule has 2 aliphatic rings. The Morgan fingerprint density at radius 1 is 0.793 bits per heavy atom. The molecule has 0 saturated heterocycles. The van der Waals surface area contributed by atoms with E-state index in [9.17, 15) is 4.79 Å². The number of hydrogen-bond acceptors (Lipinski definition) is 2. The fourth-order valence-corrected chi connectivity index (χ4v) is 4.82. The number of aryl methyl sites for hydroxylation is 2. The Kier molecular flexibility index (Phi) is 7.46. The lowest BCUT2D eigenvalue weighted by atomic mass is 9.89. The zero-order chi connectivity index (χ0) is 20.9. The van der Waals surface area contributed by atoms with Crippen LogP contribution in [0.4, 0.5) is 0 Å². The Bertz CT molecular complexity index is 695. The van der Waals surface area contributed by atoms with Crippen molar-refractivity contribution in [3.63, 3.8) is 0 Å². The summed E-state index contributed by atoms with van der Waals surface area (Å²) in [5.74, 6) is 0. The lowest BCUT2D eigenvalue weighted by Gasteiger charge is -2.17. The maximum absolute atomic E-state index is 10.6. The average molecular weight is 399 g/mol. The van der Waals surface area contributed by atoms with Gasteiger partial charge in [-0.05, 0) is 125 Å². The molecule has 0 N–H and O–H groups in total. The van der Waals surface area contributed by atoms with Crippen LogP contribution in [0, 0.1) is 26.2 Å². The van der Waals surface area contributed by atoms with Gasteiger partial charge in [0.25, 0.3) is 6.47 Å². The molecule has 2 saturated carbocycles. The van der Waals surface area contributed by atoms with Gasteiger partial charge in [-0.15, -0.1) is 0 Å². The molecule has 2 nitrogen and oxygen atoms in total. The summed E-state index contributed by atoms with van der Waals surface area (Å²) in [5.41, 5.74) is 8.28. The summed E-state index contributed by atoms with van der Waals surface area (Å²) in [7, 11) is 0. The molecular weight excluding hydrogens is 356 g/mol. The van der Waals surface area contributed by atoms with Gasteiger partial charge in [0.1, 0.15) is 5.60 Å². The van der Waals surface area contributed by atoms with Crippen LogP contribution in [0.25, 0.3) is 0 Å². The number of ether oxygens (including phenoxy) is 1. The fraction of sp³-hybridized carbons (Fsp3) is 0.741. The first-order valence-corrected chi connectivity index (χ1v) is 12.1. The van der Waals surface area contributed by atoms with Crippen LogP contribution in [-0.2, 0) is 22.4 Å². The van der Waals surface area contributed by atoms with Crippen molar-refractivity contribution in [2.45, 2.75) is 123 Å². The lowest BCUT2D eigenvalue weighted by Crippen LogP contribution is -2.12. The lowest BCUT2D eigenvalue weighted by molar-refractivity contribution is -0.135. The van der Waals surface area contributed by atoms with Crippen LogP contribution in [0.3, 0.4) is 0 Å². The van der Waals surface area contributed by atoms with Crippen molar-refractivity contribution in [1.82, 2.24) is 0 Å². The van der Waals surface area contributed by atoms with Crippen LogP contribution in [0.1, 0.15) is 112 Å². The van der Waals surface area contributed by atoms with Gasteiger partial charge in [0, 0.05) is 0 Å². The largest absolute Gasteiger partial charge is 0.461 e. The maximum Gasteiger partial charge on any atom is 0.293 e. The van der Waals surface area contributed by atoms with Crippen molar-refractivity contribution in [2.24, 2.45) is 5.41 Å². The van der Waals surface area contributed by atoms with Gasteiger partial charge in [0.05, 0.1) is 0 Å². The monoisotopic (exact) mass is 398 g/mol. The predicted molar refractivity (Wildman–Crippen MR) is 121 cm³/mol. The first-order chi connectivity index (χ1) is 13.9. The number of benzene rings is 1. The van der Waals surface area contributed by atoms with Crippen LogP contribution in [0.5, 0.6) is 0 Å². The minimum atomic E-state index is -0.0811. The Morgan fingerprint density at radius 2 is 1.34 bits per heavy atom. The standard InChI is InChI=1S/C27H42O2/c1-21-22(2)24(11-7-5-9-13-26(4)15-16-26)19-25(23(21)3)12-8-6-10-14-27(17-18-27)29-20-28/h19-20H,5-18H2,1-4H3. The van der Waals surface area contributed by atoms with E-state index >= 15 is 0 Å². The average Bonchev–Trinajstić information content (AvgIpc) is 3.62. The summed E-state index contributed by atoms with van der Waals surface area (Å²) >= 11 is 0. The van der Waals surface area contributed by atoms with Gasteiger partial charge >= 0.3 is 0 Å². The smallest absolute Gasteiger partial charge is 0.293 e. The molecule has 0 bridgehead atoms. The van der Waals surface area contributed by atoms with Crippen molar-refractivity contribution in [1.29, 1.82) is 0 Å². The van der Waals surface area contributed by atoms with Gasteiger partial charge in [-0.1, -0.05) is 32.3 Å². The first-order valence-electron chi connectivity index (χ1n) is 12.1. The van der Waals surface area contributed by atoms with Crippen LogP contribution in [-0.4, -0.2) is 12.1 Å². The molecule has 0 radical (unpaired) electrons. The highest BCUT2D eigenvalue weighted by Gasteiger charge is 2.44. The van der Waals surface area contributed by atoms with E-state index in [-0.39, 0.29) is 5.60 Å². The summed E-state index contributed by atoms with van der Waals surface area (Å²) in [6.45, 7) is 10.0. The molecule has 2 aliphatic carbocycles.